The quantitative estimate of drug-likeness (QED) is 0.159. The molecule has 0 unspecified atom stereocenters. The molecule has 0 radical (unpaired) electrons. The summed E-state index contributed by atoms with van der Waals surface area (Å²) < 4.78 is 15.0. The van der Waals surface area contributed by atoms with Gasteiger partial charge in [0.05, 0.1) is 83.3 Å². The minimum absolute atomic E-state index is 1.06. The van der Waals surface area contributed by atoms with E-state index in [1.165, 1.54) is 114 Å². The molecule has 19 rings (SSSR count). The van der Waals surface area contributed by atoms with Gasteiger partial charge in [-0.05, 0) is 148 Å². The summed E-state index contributed by atoms with van der Waals surface area (Å²) >= 11 is 0. The van der Waals surface area contributed by atoms with Crippen LogP contribution in [-0.4, -0.2) is 27.4 Å². The van der Waals surface area contributed by atoms with Gasteiger partial charge in [0.15, 0.2) is 0 Å². The first-order valence-corrected chi connectivity index (χ1v) is 30.1. The van der Waals surface area contributed by atoms with Crippen LogP contribution in [0.1, 0.15) is 16.7 Å². The molecule has 0 aliphatic carbocycles. The van der Waals surface area contributed by atoms with Crippen LogP contribution in [0.3, 0.4) is 0 Å². The molecule has 0 aliphatic rings. The third kappa shape index (κ3) is 6.81. The molecule has 0 atom stereocenters. The van der Waals surface area contributed by atoms with Crippen LogP contribution >= 0.6 is 0 Å². The van der Waals surface area contributed by atoms with Crippen molar-refractivity contribution in [3.05, 3.63) is 290 Å². The molecule has 0 amide bonds. The summed E-state index contributed by atoms with van der Waals surface area (Å²) in [7, 11) is 0. The Morgan fingerprint density at radius 1 is 0.149 bits per heavy atom. The van der Waals surface area contributed by atoms with Gasteiger partial charge in [0, 0.05) is 81.7 Å². The Kier molecular flexibility index (Phi) is 9.86. The van der Waals surface area contributed by atoms with E-state index >= 15 is 0 Å². The number of nitrogens with zero attached hydrogens (tertiary/aromatic N) is 6. The number of hydrogen-bond donors (Lipinski definition) is 0. The van der Waals surface area contributed by atoms with Crippen molar-refractivity contribution in [3.8, 4) is 34.1 Å². The summed E-state index contributed by atoms with van der Waals surface area (Å²) in [5.74, 6) is 0. The second-order valence-electron chi connectivity index (χ2n) is 24.0. The number of fused-ring (bicyclic) bond motifs is 18. The maximum atomic E-state index is 2.54. The normalized spacial score (nSPS) is 12.3. The highest BCUT2D eigenvalue weighted by molar-refractivity contribution is 6.22. The van der Waals surface area contributed by atoms with Crippen molar-refractivity contribution in [2.45, 2.75) is 20.8 Å². The smallest absolute Gasteiger partial charge is 0.0562 e. The summed E-state index contributed by atoms with van der Waals surface area (Å²) in [6.45, 7) is 6.49. The van der Waals surface area contributed by atoms with Gasteiger partial charge in [-0.1, -0.05) is 162 Å². The largest absolute Gasteiger partial charge is 0.309 e. The van der Waals surface area contributed by atoms with E-state index in [0.29, 0.717) is 0 Å². The van der Waals surface area contributed by atoms with Gasteiger partial charge < -0.3 is 27.4 Å². The summed E-state index contributed by atoms with van der Waals surface area (Å²) in [5.41, 5.74) is 24.2. The molecule has 6 heteroatoms. The fraction of sp³-hybridized carbons (Fsp3) is 0.0370. The molecule has 87 heavy (non-hydrogen) atoms. The summed E-state index contributed by atoms with van der Waals surface area (Å²) in [4.78, 5) is 0. The summed E-state index contributed by atoms with van der Waals surface area (Å²) in [6.07, 6.45) is 0. The van der Waals surface area contributed by atoms with Gasteiger partial charge >= 0.3 is 0 Å². The standard InChI is InChI=1S/C81H54N6/c1-49-28-34-52(35-29-49)82-70-22-10-4-16-58(70)64-43-67-61-19-7-13-25-73(61)85(79(67)46-76(64)82)55-40-56(86-74-26-14-8-20-62(74)68-44-65-59-17-5-11-23-71(59)83(77(65)47-80(68)86)53-36-30-50(2)31-37-53)42-57(41-55)87-75-27-15-9-21-63(75)69-45-66-60-18-6-12-24-72(60)84(78(66)48-81(69)87)54-38-32-51(3)33-39-54/h4-48H,1-3H3. The van der Waals surface area contributed by atoms with Gasteiger partial charge in [0.25, 0.3) is 0 Å². The molecule has 6 nitrogen and oxygen atoms in total. The first kappa shape index (κ1) is 48.1. The molecule has 6 heterocycles. The lowest BCUT2D eigenvalue weighted by Gasteiger charge is -2.18. The van der Waals surface area contributed by atoms with Crippen LogP contribution in [-0.2, 0) is 0 Å². The van der Waals surface area contributed by atoms with Crippen molar-refractivity contribution in [1.82, 2.24) is 27.4 Å². The molecule has 0 spiro atoms. The second-order valence-corrected chi connectivity index (χ2v) is 24.0. The van der Waals surface area contributed by atoms with Gasteiger partial charge in [0.2, 0.25) is 0 Å². The zero-order valence-electron chi connectivity index (χ0n) is 48.2. The van der Waals surface area contributed by atoms with E-state index in [2.05, 4.69) is 321 Å². The van der Waals surface area contributed by atoms with Crippen LogP contribution in [0.5, 0.6) is 0 Å². The zero-order chi connectivity index (χ0) is 57.3. The Bertz CT molecular complexity index is 5520. The molecule has 19 aromatic rings. The SMILES string of the molecule is Cc1ccc(-n2c3ccccc3c3cc4c5ccccc5n(-c5cc(-n6c7ccccc7c7cc8c9ccccc9n(-c9ccc(C)cc9)c8cc76)cc(-n6c7ccccc7c7cc8c9ccccc9n(-c9ccc(C)cc9)c8cc76)c5)c4cc32)cc1. The van der Waals surface area contributed by atoms with Gasteiger partial charge in [-0.3, -0.25) is 0 Å². The highest BCUT2D eigenvalue weighted by Crippen LogP contribution is 2.46. The molecule has 0 N–H and O–H groups in total. The molecule has 6 aromatic heterocycles. The lowest BCUT2D eigenvalue weighted by atomic mass is 10.1. The van der Waals surface area contributed by atoms with Crippen molar-refractivity contribution in [3.63, 3.8) is 0 Å². The minimum atomic E-state index is 1.06. The molecule has 408 valence electrons. The number of benzene rings is 13. The Morgan fingerprint density at radius 2 is 0.333 bits per heavy atom. The van der Waals surface area contributed by atoms with Gasteiger partial charge in [0.1, 0.15) is 0 Å². The average molecular weight is 1110 g/mol. The number of rotatable bonds is 6. The Balaban J connectivity index is 0.963. The predicted molar refractivity (Wildman–Crippen MR) is 367 cm³/mol. The second kappa shape index (κ2) is 17.8. The fourth-order valence-corrected chi connectivity index (χ4v) is 15.0. The van der Waals surface area contributed by atoms with Crippen molar-refractivity contribution < 1.29 is 0 Å². The van der Waals surface area contributed by atoms with Crippen LogP contribution in [0, 0.1) is 20.8 Å². The van der Waals surface area contributed by atoms with Gasteiger partial charge in [-0.25, -0.2) is 0 Å². The number of aromatic nitrogens is 6. The molecule has 13 aromatic carbocycles. The number of aryl methyl sites for hydroxylation is 3. The fourth-order valence-electron chi connectivity index (χ4n) is 15.0. The lowest BCUT2D eigenvalue weighted by molar-refractivity contribution is 1.10. The van der Waals surface area contributed by atoms with Crippen LogP contribution in [0.2, 0.25) is 0 Å². The van der Waals surface area contributed by atoms with Crippen LogP contribution in [0.15, 0.2) is 273 Å². The first-order valence-electron chi connectivity index (χ1n) is 30.1. The molecule has 0 saturated heterocycles. The Labute approximate surface area is 500 Å². The van der Waals surface area contributed by atoms with Crippen LogP contribution in [0.4, 0.5) is 0 Å². The summed E-state index contributed by atoms with van der Waals surface area (Å²) in [5, 5.41) is 14.7. The van der Waals surface area contributed by atoms with Crippen LogP contribution < -0.4 is 0 Å². The molecule has 0 bridgehead atoms. The van der Waals surface area contributed by atoms with E-state index in [9.17, 15) is 0 Å². The van der Waals surface area contributed by atoms with E-state index in [1.807, 2.05) is 0 Å². The van der Waals surface area contributed by atoms with E-state index in [-0.39, 0.29) is 0 Å². The van der Waals surface area contributed by atoms with Crippen molar-refractivity contribution >= 4 is 131 Å². The third-order valence-electron chi connectivity index (χ3n) is 18.9. The molecule has 0 fully saturated rings. The van der Waals surface area contributed by atoms with E-state index in [1.54, 1.807) is 0 Å². The van der Waals surface area contributed by atoms with E-state index in [4.69, 9.17) is 0 Å². The number of para-hydroxylation sites is 6. The lowest BCUT2D eigenvalue weighted by Crippen LogP contribution is -2.03. The average Bonchev–Trinajstić information content (AvgIpc) is 1.63. The highest BCUT2D eigenvalue weighted by Gasteiger charge is 2.25. The monoisotopic (exact) mass is 1110 g/mol. The van der Waals surface area contributed by atoms with Gasteiger partial charge in [-0.15, -0.1) is 0 Å². The zero-order valence-corrected chi connectivity index (χ0v) is 48.2. The third-order valence-corrected chi connectivity index (χ3v) is 18.9. The Morgan fingerprint density at radius 3 is 0.540 bits per heavy atom. The van der Waals surface area contributed by atoms with E-state index in [0.717, 1.165) is 67.2 Å². The maximum Gasteiger partial charge on any atom is 0.0562 e. The highest BCUT2D eigenvalue weighted by atomic mass is 15.1. The van der Waals surface area contributed by atoms with Gasteiger partial charge in [-0.2, -0.15) is 0 Å². The molecular weight excluding hydrogens is 1060 g/mol. The summed E-state index contributed by atoms with van der Waals surface area (Å²) in [6, 6.07) is 103. The molecule has 0 aliphatic heterocycles. The van der Waals surface area contributed by atoms with Crippen LogP contribution in [0.25, 0.3) is 165 Å². The van der Waals surface area contributed by atoms with Crippen molar-refractivity contribution in [2.75, 3.05) is 0 Å². The minimum Gasteiger partial charge on any atom is -0.309 e. The Hall–Kier alpha value is -11.3. The van der Waals surface area contributed by atoms with Crippen molar-refractivity contribution in [2.24, 2.45) is 0 Å². The predicted octanol–water partition coefficient (Wildman–Crippen LogP) is 21.2. The number of hydrogen-bond acceptors (Lipinski definition) is 0. The van der Waals surface area contributed by atoms with Crippen molar-refractivity contribution in [1.29, 1.82) is 0 Å². The maximum absolute atomic E-state index is 2.54. The van der Waals surface area contributed by atoms with E-state index < -0.39 is 0 Å². The molecule has 0 saturated carbocycles. The first-order chi connectivity index (χ1) is 42.9. The topological polar surface area (TPSA) is 29.6 Å². The molecular formula is C81H54N6.